The molecule has 4 fully saturated rings. The molecule has 10 atom stereocenters. The second-order valence-electron chi connectivity index (χ2n) is 17.5. The van der Waals surface area contributed by atoms with Crippen molar-refractivity contribution in [2.24, 2.45) is 50.2 Å². The van der Waals surface area contributed by atoms with E-state index < -0.39 is 11.5 Å². The highest BCUT2D eigenvalue weighted by atomic mass is 16.5. The Bertz CT molecular complexity index is 1190. The second-order valence-corrected chi connectivity index (χ2v) is 17.5. The molecular formula is C39H60O4. The molecule has 0 aromatic heterocycles. The molecule has 43 heavy (non-hydrogen) atoms. The summed E-state index contributed by atoms with van der Waals surface area (Å²) < 4.78 is 12.8. The van der Waals surface area contributed by atoms with E-state index >= 15 is 0 Å². The summed E-state index contributed by atoms with van der Waals surface area (Å²) in [5.41, 5.74) is 2.32. The van der Waals surface area contributed by atoms with Gasteiger partial charge in [0.2, 0.25) is 0 Å². The van der Waals surface area contributed by atoms with E-state index in [2.05, 4.69) is 54.5 Å². The first-order chi connectivity index (χ1) is 20.2. The molecule has 4 nitrogen and oxygen atoms in total. The van der Waals surface area contributed by atoms with Gasteiger partial charge in [0.15, 0.2) is 0 Å². The van der Waals surface area contributed by atoms with Crippen LogP contribution in [0.3, 0.4) is 0 Å². The van der Waals surface area contributed by atoms with Crippen molar-refractivity contribution in [1.29, 1.82) is 0 Å². The summed E-state index contributed by atoms with van der Waals surface area (Å²) in [7, 11) is 0. The lowest BCUT2D eigenvalue weighted by Crippen LogP contribution is -2.66. The number of benzene rings is 1. The first-order valence-corrected chi connectivity index (χ1v) is 17.5. The number of fused-ring (bicyclic) bond motifs is 7. The second kappa shape index (κ2) is 10.9. The minimum atomic E-state index is -0.396. The summed E-state index contributed by atoms with van der Waals surface area (Å²) in [4.78, 5) is 0. The van der Waals surface area contributed by atoms with Crippen LogP contribution in [0.4, 0.5) is 0 Å². The largest absolute Gasteiger partial charge is 0.494 e. The van der Waals surface area contributed by atoms with E-state index in [1.54, 1.807) is 5.57 Å². The Kier molecular flexibility index (Phi) is 7.99. The van der Waals surface area contributed by atoms with Gasteiger partial charge in [0.05, 0.1) is 32.0 Å². The summed E-state index contributed by atoms with van der Waals surface area (Å²) in [6.07, 6.45) is 13.7. The average molecular weight is 593 g/mol. The van der Waals surface area contributed by atoms with E-state index in [1.165, 1.54) is 25.7 Å². The zero-order valence-electron chi connectivity index (χ0n) is 28.3. The third-order valence-electron chi connectivity index (χ3n) is 14.8. The highest BCUT2D eigenvalue weighted by Gasteiger charge is 2.69. The minimum Gasteiger partial charge on any atom is -0.494 e. The minimum absolute atomic E-state index is 0.0888. The van der Waals surface area contributed by atoms with Crippen molar-refractivity contribution in [3.05, 3.63) is 42.0 Å². The van der Waals surface area contributed by atoms with E-state index in [0.29, 0.717) is 24.4 Å². The van der Waals surface area contributed by atoms with E-state index in [-0.39, 0.29) is 39.8 Å². The van der Waals surface area contributed by atoms with Gasteiger partial charge in [-0.2, -0.15) is 0 Å². The normalized spacial score (nSPS) is 46.9. The Hall–Kier alpha value is -1.36. The van der Waals surface area contributed by atoms with E-state index in [1.807, 2.05) is 30.3 Å². The SMILES string of the molecule is CC1(C)CC(OCCCOc2ccccc2)C2(C)CC[C@]3(C)C(=CCC4C5(C)CCC(O)[C@](C)(CO)C5CCC43C)C2C1. The zero-order valence-corrected chi connectivity index (χ0v) is 28.3. The highest BCUT2D eigenvalue weighted by molar-refractivity contribution is 5.34. The van der Waals surface area contributed by atoms with Gasteiger partial charge in [0.1, 0.15) is 5.75 Å². The van der Waals surface area contributed by atoms with Crippen molar-refractivity contribution < 1.29 is 19.7 Å². The number of rotatable bonds is 7. The monoisotopic (exact) mass is 592 g/mol. The van der Waals surface area contributed by atoms with Crippen LogP contribution in [-0.4, -0.2) is 42.2 Å². The molecule has 1 aromatic rings. The van der Waals surface area contributed by atoms with Gasteiger partial charge in [-0.25, -0.2) is 0 Å². The zero-order chi connectivity index (χ0) is 30.9. The highest BCUT2D eigenvalue weighted by Crippen LogP contribution is 2.75. The molecule has 4 heteroatoms. The Morgan fingerprint density at radius 3 is 2.28 bits per heavy atom. The van der Waals surface area contributed by atoms with E-state index in [4.69, 9.17) is 9.47 Å². The first kappa shape index (κ1) is 31.6. The number of aliphatic hydroxyl groups excluding tert-OH is 2. The molecule has 8 unspecified atom stereocenters. The van der Waals surface area contributed by atoms with Crippen LogP contribution in [0.5, 0.6) is 5.75 Å². The average Bonchev–Trinajstić information content (AvgIpc) is 2.97. The van der Waals surface area contributed by atoms with Crippen molar-refractivity contribution >= 4 is 0 Å². The molecule has 0 saturated heterocycles. The van der Waals surface area contributed by atoms with Crippen LogP contribution < -0.4 is 4.74 Å². The Balaban J connectivity index is 1.24. The molecule has 1 aromatic carbocycles. The molecule has 6 rings (SSSR count). The summed E-state index contributed by atoms with van der Waals surface area (Å²) in [5.74, 6) is 2.45. The molecule has 0 bridgehead atoms. The number of ether oxygens (including phenoxy) is 2. The maximum atomic E-state index is 11.1. The van der Waals surface area contributed by atoms with Gasteiger partial charge in [-0.15, -0.1) is 0 Å². The van der Waals surface area contributed by atoms with Crippen LogP contribution >= 0.6 is 0 Å². The predicted octanol–water partition coefficient (Wildman–Crippen LogP) is 8.61. The summed E-state index contributed by atoms with van der Waals surface area (Å²) in [5, 5.41) is 21.6. The Morgan fingerprint density at radius 1 is 0.814 bits per heavy atom. The van der Waals surface area contributed by atoms with Crippen LogP contribution in [0.2, 0.25) is 0 Å². The smallest absolute Gasteiger partial charge is 0.119 e. The fourth-order valence-corrected chi connectivity index (χ4v) is 11.9. The van der Waals surface area contributed by atoms with Crippen molar-refractivity contribution in [2.75, 3.05) is 19.8 Å². The van der Waals surface area contributed by atoms with Gasteiger partial charge in [-0.1, -0.05) is 78.3 Å². The van der Waals surface area contributed by atoms with Crippen LogP contribution in [-0.2, 0) is 4.74 Å². The van der Waals surface area contributed by atoms with Gasteiger partial charge in [0, 0.05) is 17.3 Å². The van der Waals surface area contributed by atoms with E-state index in [0.717, 1.165) is 50.9 Å². The van der Waals surface area contributed by atoms with Crippen LogP contribution in [0.25, 0.3) is 0 Å². The maximum absolute atomic E-state index is 11.1. The Labute approximate surface area is 262 Å². The number of hydrogen-bond acceptors (Lipinski definition) is 4. The lowest BCUT2D eigenvalue weighted by atomic mass is 9.33. The van der Waals surface area contributed by atoms with Gasteiger partial charge in [0.25, 0.3) is 0 Å². The number of hydrogen-bond donors (Lipinski definition) is 2. The first-order valence-electron chi connectivity index (χ1n) is 17.5. The summed E-state index contributed by atoms with van der Waals surface area (Å²) in [6.45, 7) is 19.0. The topological polar surface area (TPSA) is 58.9 Å². The molecule has 0 amide bonds. The lowest BCUT2D eigenvalue weighted by Gasteiger charge is -2.71. The molecule has 5 aliphatic rings. The molecule has 0 spiro atoms. The van der Waals surface area contributed by atoms with Gasteiger partial charge < -0.3 is 19.7 Å². The number of aliphatic hydroxyl groups is 2. The standard InChI is InChI=1S/C39H60O4/c1-34(2)24-29-28-14-15-31-36(4)18-17-32(41)37(5,26-40)30(36)16-19-39(31,7)38(28,6)21-20-35(29,3)33(25-34)43-23-11-22-42-27-12-9-8-10-13-27/h8-10,12-14,29-33,40-41H,11,15-26H2,1-7H3/t29?,30?,31?,32?,33?,35?,36?,37-,38-,39?/m1/s1. The third kappa shape index (κ3) is 4.78. The molecule has 240 valence electrons. The number of para-hydroxylation sites is 1. The van der Waals surface area contributed by atoms with Crippen LogP contribution in [0, 0.1) is 50.2 Å². The molecule has 0 aliphatic heterocycles. The third-order valence-corrected chi connectivity index (χ3v) is 14.8. The number of allylic oxidation sites excluding steroid dienone is 2. The molecule has 4 saturated carbocycles. The summed E-state index contributed by atoms with van der Waals surface area (Å²) in [6, 6.07) is 10.1. The molecule has 0 heterocycles. The van der Waals surface area contributed by atoms with E-state index in [9.17, 15) is 10.2 Å². The van der Waals surface area contributed by atoms with Gasteiger partial charge in [-0.05, 0) is 109 Å². The molecule has 0 radical (unpaired) electrons. The quantitative estimate of drug-likeness (QED) is 0.246. The van der Waals surface area contributed by atoms with Gasteiger partial charge in [-0.3, -0.25) is 0 Å². The van der Waals surface area contributed by atoms with Crippen molar-refractivity contribution in [1.82, 2.24) is 0 Å². The van der Waals surface area contributed by atoms with Crippen LogP contribution in [0.15, 0.2) is 42.0 Å². The van der Waals surface area contributed by atoms with Crippen molar-refractivity contribution in [2.45, 2.75) is 125 Å². The van der Waals surface area contributed by atoms with Crippen molar-refractivity contribution in [3.8, 4) is 5.75 Å². The molecule has 5 aliphatic carbocycles. The predicted molar refractivity (Wildman–Crippen MR) is 174 cm³/mol. The summed E-state index contributed by atoms with van der Waals surface area (Å²) >= 11 is 0. The Morgan fingerprint density at radius 2 is 1.56 bits per heavy atom. The molecular weight excluding hydrogens is 532 g/mol. The molecule has 2 N–H and O–H groups in total. The van der Waals surface area contributed by atoms with Gasteiger partial charge >= 0.3 is 0 Å². The maximum Gasteiger partial charge on any atom is 0.119 e. The fraction of sp³-hybridized carbons (Fsp3) is 0.795. The lowest BCUT2D eigenvalue weighted by molar-refractivity contribution is -0.220. The van der Waals surface area contributed by atoms with Crippen molar-refractivity contribution in [3.63, 3.8) is 0 Å². The van der Waals surface area contributed by atoms with Crippen LogP contribution in [0.1, 0.15) is 113 Å². The fourth-order valence-electron chi connectivity index (χ4n) is 11.9.